The van der Waals surface area contributed by atoms with Crippen LogP contribution in [0.4, 0.5) is 0 Å². The molecule has 0 aromatic rings. The molecule has 0 atom stereocenters. The van der Waals surface area contributed by atoms with Crippen molar-refractivity contribution in [2.24, 2.45) is 0 Å². The first-order valence-corrected chi connectivity index (χ1v) is 8.46. The van der Waals surface area contributed by atoms with Crippen molar-refractivity contribution in [3.05, 3.63) is 0 Å². The highest BCUT2D eigenvalue weighted by Gasteiger charge is 2.37. The summed E-state index contributed by atoms with van der Waals surface area (Å²) >= 11 is 0. The standard InChI is InChI=1S/C16H31N3/c1-14(2)17-8-10-18(11-9-17)16-12-19(13-16)15-6-4-3-5-7-15/h14-16H,3-13H2,1-2H3. The number of hydrogen-bond donors (Lipinski definition) is 0. The Labute approximate surface area is 118 Å². The molecular formula is C16H31N3. The molecule has 1 saturated carbocycles. The molecule has 0 radical (unpaired) electrons. The number of piperazine rings is 1. The molecule has 2 aliphatic heterocycles. The van der Waals surface area contributed by atoms with Gasteiger partial charge in [-0.1, -0.05) is 19.3 Å². The summed E-state index contributed by atoms with van der Waals surface area (Å²) in [6, 6.07) is 2.53. The Morgan fingerprint density at radius 2 is 1.37 bits per heavy atom. The fraction of sp³-hybridized carbons (Fsp3) is 1.00. The molecule has 0 aromatic carbocycles. The highest BCUT2D eigenvalue weighted by atomic mass is 15.4. The average molecular weight is 265 g/mol. The van der Waals surface area contributed by atoms with E-state index in [1.165, 1.54) is 71.4 Å². The van der Waals surface area contributed by atoms with Crippen LogP contribution >= 0.6 is 0 Å². The van der Waals surface area contributed by atoms with Crippen molar-refractivity contribution in [3.63, 3.8) is 0 Å². The van der Waals surface area contributed by atoms with Gasteiger partial charge in [0.25, 0.3) is 0 Å². The smallest absolute Gasteiger partial charge is 0.0351 e. The quantitative estimate of drug-likeness (QED) is 0.773. The second-order valence-electron chi connectivity index (χ2n) is 7.07. The first-order valence-electron chi connectivity index (χ1n) is 8.46. The van der Waals surface area contributed by atoms with E-state index in [4.69, 9.17) is 0 Å². The minimum Gasteiger partial charge on any atom is -0.298 e. The Hall–Kier alpha value is -0.120. The molecule has 1 aliphatic carbocycles. The number of likely N-dealkylation sites (tertiary alicyclic amines) is 1. The molecule has 0 unspecified atom stereocenters. The van der Waals surface area contributed by atoms with Crippen molar-refractivity contribution >= 4 is 0 Å². The van der Waals surface area contributed by atoms with Crippen LogP contribution in [0.25, 0.3) is 0 Å². The maximum absolute atomic E-state index is 2.76. The molecule has 0 N–H and O–H groups in total. The SMILES string of the molecule is CC(C)N1CCN(C2CN(C3CCCCC3)C2)CC1. The predicted molar refractivity (Wildman–Crippen MR) is 80.5 cm³/mol. The van der Waals surface area contributed by atoms with E-state index in [-0.39, 0.29) is 0 Å². The molecule has 3 fully saturated rings. The van der Waals surface area contributed by atoms with Gasteiger partial charge in [-0.2, -0.15) is 0 Å². The Balaban J connectivity index is 1.39. The summed E-state index contributed by atoms with van der Waals surface area (Å²) in [7, 11) is 0. The highest BCUT2D eigenvalue weighted by Crippen LogP contribution is 2.28. The number of nitrogens with zero attached hydrogens (tertiary/aromatic N) is 3. The lowest BCUT2D eigenvalue weighted by Gasteiger charge is -2.51. The van der Waals surface area contributed by atoms with Crippen LogP contribution in [-0.4, -0.2) is 72.1 Å². The fourth-order valence-corrected chi connectivity index (χ4v) is 4.08. The Bertz CT molecular complexity index is 272. The van der Waals surface area contributed by atoms with Gasteiger partial charge in [-0.05, 0) is 26.7 Å². The van der Waals surface area contributed by atoms with E-state index in [9.17, 15) is 0 Å². The predicted octanol–water partition coefficient (Wildman–Crippen LogP) is 2.03. The Morgan fingerprint density at radius 1 is 0.737 bits per heavy atom. The molecule has 2 heterocycles. The summed E-state index contributed by atoms with van der Waals surface area (Å²) in [4.78, 5) is 8.13. The van der Waals surface area contributed by atoms with Crippen LogP contribution in [-0.2, 0) is 0 Å². The molecule has 3 heteroatoms. The lowest BCUT2D eigenvalue weighted by atomic mass is 9.91. The van der Waals surface area contributed by atoms with Gasteiger partial charge >= 0.3 is 0 Å². The van der Waals surface area contributed by atoms with Crippen molar-refractivity contribution in [1.82, 2.24) is 14.7 Å². The second-order valence-corrected chi connectivity index (χ2v) is 7.07. The van der Waals surface area contributed by atoms with E-state index in [0.717, 1.165) is 18.1 Å². The van der Waals surface area contributed by atoms with E-state index in [2.05, 4.69) is 28.5 Å². The van der Waals surface area contributed by atoms with E-state index >= 15 is 0 Å². The molecule has 2 saturated heterocycles. The molecule has 3 aliphatic rings. The number of hydrogen-bond acceptors (Lipinski definition) is 3. The van der Waals surface area contributed by atoms with E-state index < -0.39 is 0 Å². The van der Waals surface area contributed by atoms with E-state index in [1.807, 2.05) is 0 Å². The van der Waals surface area contributed by atoms with Crippen LogP contribution in [0.3, 0.4) is 0 Å². The lowest BCUT2D eigenvalue weighted by molar-refractivity contribution is -0.0275. The average Bonchev–Trinajstić information content (AvgIpc) is 2.39. The van der Waals surface area contributed by atoms with Gasteiger partial charge in [0.15, 0.2) is 0 Å². The topological polar surface area (TPSA) is 9.72 Å². The molecule has 0 spiro atoms. The minimum absolute atomic E-state index is 0.724. The summed E-state index contributed by atoms with van der Waals surface area (Å²) in [5.74, 6) is 0. The maximum atomic E-state index is 2.76. The van der Waals surface area contributed by atoms with Crippen LogP contribution < -0.4 is 0 Å². The van der Waals surface area contributed by atoms with Crippen LogP contribution in [0.1, 0.15) is 46.0 Å². The second kappa shape index (κ2) is 6.11. The van der Waals surface area contributed by atoms with Gasteiger partial charge in [0.05, 0.1) is 0 Å². The van der Waals surface area contributed by atoms with Crippen molar-refractivity contribution < 1.29 is 0 Å². The molecule has 0 amide bonds. The monoisotopic (exact) mass is 265 g/mol. The van der Waals surface area contributed by atoms with Gasteiger partial charge in [0.1, 0.15) is 0 Å². The first kappa shape index (κ1) is 13.8. The lowest BCUT2D eigenvalue weighted by Crippen LogP contribution is -2.65. The van der Waals surface area contributed by atoms with Crippen molar-refractivity contribution in [2.45, 2.75) is 64.1 Å². The van der Waals surface area contributed by atoms with Crippen LogP contribution in [0.5, 0.6) is 0 Å². The zero-order valence-electron chi connectivity index (χ0n) is 12.9. The zero-order chi connectivity index (χ0) is 13.2. The minimum atomic E-state index is 0.724. The summed E-state index contributed by atoms with van der Waals surface area (Å²) in [5.41, 5.74) is 0. The third-order valence-electron chi connectivity index (χ3n) is 5.58. The molecule has 0 bridgehead atoms. The molecule has 3 rings (SSSR count). The normalized spacial score (nSPS) is 29.8. The Kier molecular flexibility index (Phi) is 4.45. The molecule has 19 heavy (non-hydrogen) atoms. The van der Waals surface area contributed by atoms with Crippen LogP contribution in [0.2, 0.25) is 0 Å². The molecule has 0 aromatic heterocycles. The molecular weight excluding hydrogens is 234 g/mol. The van der Waals surface area contributed by atoms with Crippen molar-refractivity contribution in [2.75, 3.05) is 39.3 Å². The van der Waals surface area contributed by atoms with Gasteiger partial charge in [0.2, 0.25) is 0 Å². The van der Waals surface area contributed by atoms with Gasteiger partial charge in [-0.25, -0.2) is 0 Å². The summed E-state index contributed by atoms with van der Waals surface area (Å²) in [6.07, 6.45) is 7.35. The maximum Gasteiger partial charge on any atom is 0.0351 e. The number of rotatable bonds is 3. The van der Waals surface area contributed by atoms with Crippen LogP contribution in [0.15, 0.2) is 0 Å². The molecule has 3 nitrogen and oxygen atoms in total. The molecule has 110 valence electrons. The third-order valence-corrected chi connectivity index (χ3v) is 5.58. The van der Waals surface area contributed by atoms with Gasteiger partial charge in [-0.15, -0.1) is 0 Å². The van der Waals surface area contributed by atoms with Gasteiger partial charge < -0.3 is 0 Å². The third kappa shape index (κ3) is 3.14. The largest absolute Gasteiger partial charge is 0.298 e. The van der Waals surface area contributed by atoms with Gasteiger partial charge in [0, 0.05) is 57.4 Å². The van der Waals surface area contributed by atoms with Crippen molar-refractivity contribution in [1.29, 1.82) is 0 Å². The fourth-order valence-electron chi connectivity index (χ4n) is 4.08. The van der Waals surface area contributed by atoms with E-state index in [0.29, 0.717) is 0 Å². The summed E-state index contributed by atoms with van der Waals surface area (Å²) in [6.45, 7) is 12.5. The Morgan fingerprint density at radius 3 is 1.95 bits per heavy atom. The van der Waals surface area contributed by atoms with Gasteiger partial charge in [-0.3, -0.25) is 14.7 Å². The first-order chi connectivity index (χ1) is 9.24. The summed E-state index contributed by atoms with van der Waals surface area (Å²) in [5, 5.41) is 0. The zero-order valence-corrected chi connectivity index (χ0v) is 12.9. The van der Waals surface area contributed by atoms with E-state index in [1.54, 1.807) is 0 Å². The summed E-state index contributed by atoms with van der Waals surface area (Å²) < 4.78 is 0. The van der Waals surface area contributed by atoms with Crippen molar-refractivity contribution in [3.8, 4) is 0 Å². The highest BCUT2D eigenvalue weighted by molar-refractivity contribution is 4.94. The van der Waals surface area contributed by atoms with Crippen LogP contribution in [0, 0.1) is 0 Å².